The molecule has 98 valence electrons. The van der Waals surface area contributed by atoms with E-state index in [4.69, 9.17) is 0 Å². The number of hydrogen-bond donors (Lipinski definition) is 2. The maximum atomic E-state index is 10.1. The van der Waals surface area contributed by atoms with Gasteiger partial charge in [0.2, 0.25) is 0 Å². The summed E-state index contributed by atoms with van der Waals surface area (Å²) in [6, 6.07) is 0.783. The Labute approximate surface area is 105 Å². The van der Waals surface area contributed by atoms with E-state index in [2.05, 4.69) is 10.2 Å². The van der Waals surface area contributed by atoms with Gasteiger partial charge in [0.05, 0.1) is 6.10 Å². The molecule has 0 radical (unpaired) electrons. The van der Waals surface area contributed by atoms with Crippen molar-refractivity contribution in [3.8, 4) is 0 Å². The standard InChI is InChI=1S/C14H26N2O/c17-14-5-8-16(13-3-6-15-7-4-13)10-12(14)9-11-1-2-11/h11-15,17H,1-10H2/t12-,14-/m1/s1. The highest BCUT2D eigenvalue weighted by molar-refractivity contribution is 4.89. The Morgan fingerprint density at radius 1 is 1.06 bits per heavy atom. The van der Waals surface area contributed by atoms with Crippen molar-refractivity contribution >= 4 is 0 Å². The maximum absolute atomic E-state index is 10.1. The molecule has 2 aliphatic heterocycles. The number of hydrogen-bond acceptors (Lipinski definition) is 3. The molecule has 0 unspecified atom stereocenters. The fourth-order valence-corrected chi connectivity index (χ4v) is 3.56. The van der Waals surface area contributed by atoms with Gasteiger partial charge in [-0.2, -0.15) is 0 Å². The van der Waals surface area contributed by atoms with Crippen LogP contribution >= 0.6 is 0 Å². The van der Waals surface area contributed by atoms with Crippen LogP contribution in [0.1, 0.15) is 38.5 Å². The zero-order chi connectivity index (χ0) is 11.7. The molecule has 0 aromatic heterocycles. The Morgan fingerprint density at radius 3 is 2.53 bits per heavy atom. The zero-order valence-corrected chi connectivity index (χ0v) is 10.8. The smallest absolute Gasteiger partial charge is 0.0592 e. The average Bonchev–Trinajstić information content (AvgIpc) is 3.17. The van der Waals surface area contributed by atoms with Gasteiger partial charge in [0, 0.05) is 19.1 Å². The molecule has 0 bridgehead atoms. The van der Waals surface area contributed by atoms with Crippen LogP contribution in [-0.4, -0.2) is 48.3 Å². The highest BCUT2D eigenvalue weighted by Gasteiger charge is 2.35. The van der Waals surface area contributed by atoms with E-state index in [0.717, 1.165) is 31.5 Å². The van der Waals surface area contributed by atoms with Gasteiger partial charge in [0.1, 0.15) is 0 Å². The fraction of sp³-hybridized carbons (Fsp3) is 1.00. The molecule has 0 aromatic rings. The third kappa shape index (κ3) is 3.01. The van der Waals surface area contributed by atoms with E-state index in [1.165, 1.54) is 45.2 Å². The van der Waals surface area contributed by atoms with Crippen LogP contribution in [0.5, 0.6) is 0 Å². The minimum absolute atomic E-state index is 0.0198. The van der Waals surface area contributed by atoms with Gasteiger partial charge in [0.15, 0.2) is 0 Å². The molecule has 3 fully saturated rings. The van der Waals surface area contributed by atoms with Crippen LogP contribution in [0, 0.1) is 11.8 Å². The zero-order valence-electron chi connectivity index (χ0n) is 10.8. The number of aliphatic hydroxyl groups is 1. The van der Waals surface area contributed by atoms with Crippen molar-refractivity contribution in [3.63, 3.8) is 0 Å². The summed E-state index contributed by atoms with van der Waals surface area (Å²) < 4.78 is 0. The van der Waals surface area contributed by atoms with E-state index in [0.29, 0.717) is 5.92 Å². The highest BCUT2D eigenvalue weighted by atomic mass is 16.3. The summed E-state index contributed by atoms with van der Waals surface area (Å²) in [5.41, 5.74) is 0. The van der Waals surface area contributed by atoms with Crippen molar-refractivity contribution in [2.45, 2.75) is 50.7 Å². The van der Waals surface area contributed by atoms with Crippen molar-refractivity contribution in [2.24, 2.45) is 11.8 Å². The van der Waals surface area contributed by atoms with Crippen molar-refractivity contribution in [2.75, 3.05) is 26.2 Å². The number of nitrogens with one attached hydrogen (secondary N) is 1. The van der Waals surface area contributed by atoms with Crippen LogP contribution in [0.2, 0.25) is 0 Å². The van der Waals surface area contributed by atoms with E-state index in [1.807, 2.05) is 0 Å². The Balaban J connectivity index is 1.54. The summed E-state index contributed by atoms with van der Waals surface area (Å²) in [6.45, 7) is 4.63. The van der Waals surface area contributed by atoms with E-state index in [-0.39, 0.29) is 6.10 Å². The van der Waals surface area contributed by atoms with Crippen molar-refractivity contribution in [1.29, 1.82) is 0 Å². The summed E-state index contributed by atoms with van der Waals surface area (Å²) >= 11 is 0. The number of nitrogens with zero attached hydrogens (tertiary/aromatic N) is 1. The molecule has 3 nitrogen and oxygen atoms in total. The largest absolute Gasteiger partial charge is 0.393 e. The van der Waals surface area contributed by atoms with E-state index >= 15 is 0 Å². The van der Waals surface area contributed by atoms with Crippen LogP contribution in [-0.2, 0) is 0 Å². The van der Waals surface area contributed by atoms with Gasteiger partial charge in [-0.25, -0.2) is 0 Å². The van der Waals surface area contributed by atoms with Gasteiger partial charge >= 0.3 is 0 Å². The van der Waals surface area contributed by atoms with E-state index < -0.39 is 0 Å². The summed E-state index contributed by atoms with van der Waals surface area (Å²) in [5.74, 6) is 1.51. The molecule has 17 heavy (non-hydrogen) atoms. The normalized spacial score (nSPS) is 37.2. The van der Waals surface area contributed by atoms with Crippen LogP contribution in [0.3, 0.4) is 0 Å². The molecule has 3 heteroatoms. The first-order valence-corrected chi connectivity index (χ1v) is 7.46. The monoisotopic (exact) mass is 238 g/mol. The lowest BCUT2D eigenvalue weighted by Gasteiger charge is -2.42. The summed E-state index contributed by atoms with van der Waals surface area (Å²) in [4.78, 5) is 2.67. The summed E-state index contributed by atoms with van der Waals surface area (Å²) in [7, 11) is 0. The van der Waals surface area contributed by atoms with Gasteiger partial charge in [0.25, 0.3) is 0 Å². The molecule has 0 aromatic carbocycles. The number of rotatable bonds is 3. The first kappa shape index (κ1) is 11.9. The van der Waals surface area contributed by atoms with Gasteiger partial charge in [-0.1, -0.05) is 12.8 Å². The highest BCUT2D eigenvalue weighted by Crippen LogP contribution is 2.38. The minimum atomic E-state index is -0.0198. The van der Waals surface area contributed by atoms with Crippen molar-refractivity contribution in [1.82, 2.24) is 10.2 Å². The summed E-state index contributed by atoms with van der Waals surface area (Å²) in [5, 5.41) is 13.6. The molecule has 1 saturated carbocycles. The third-order valence-electron chi connectivity index (χ3n) is 4.88. The number of piperidine rings is 2. The first-order valence-electron chi connectivity index (χ1n) is 7.46. The van der Waals surface area contributed by atoms with Crippen molar-refractivity contribution in [3.05, 3.63) is 0 Å². The predicted molar refractivity (Wildman–Crippen MR) is 68.9 cm³/mol. The molecule has 2 N–H and O–H groups in total. The van der Waals surface area contributed by atoms with Crippen molar-refractivity contribution < 1.29 is 5.11 Å². The molecule has 2 heterocycles. The Bertz CT molecular complexity index is 249. The second-order valence-electron chi connectivity index (χ2n) is 6.27. The topological polar surface area (TPSA) is 35.5 Å². The Hall–Kier alpha value is -0.120. The molecule has 2 atom stereocenters. The molecule has 3 rings (SSSR count). The Kier molecular flexibility index (Phi) is 3.69. The van der Waals surface area contributed by atoms with Gasteiger partial charge in [-0.05, 0) is 50.6 Å². The van der Waals surface area contributed by atoms with E-state index in [9.17, 15) is 5.11 Å². The van der Waals surface area contributed by atoms with Gasteiger partial charge in [-0.3, -0.25) is 4.90 Å². The lowest BCUT2D eigenvalue weighted by Crippen LogP contribution is -2.51. The minimum Gasteiger partial charge on any atom is -0.393 e. The summed E-state index contributed by atoms with van der Waals surface area (Å²) in [6.07, 6.45) is 7.68. The third-order valence-corrected chi connectivity index (χ3v) is 4.88. The first-order chi connectivity index (χ1) is 8.33. The molecule has 3 aliphatic rings. The molecule has 2 saturated heterocycles. The lowest BCUT2D eigenvalue weighted by molar-refractivity contribution is -0.00115. The van der Waals surface area contributed by atoms with Crippen LogP contribution < -0.4 is 5.32 Å². The van der Waals surface area contributed by atoms with Crippen LogP contribution in [0.4, 0.5) is 0 Å². The van der Waals surface area contributed by atoms with Gasteiger partial charge < -0.3 is 10.4 Å². The molecular weight excluding hydrogens is 212 g/mol. The van der Waals surface area contributed by atoms with Gasteiger partial charge in [-0.15, -0.1) is 0 Å². The quantitative estimate of drug-likeness (QED) is 0.776. The second kappa shape index (κ2) is 5.25. The van der Waals surface area contributed by atoms with Crippen LogP contribution in [0.25, 0.3) is 0 Å². The Morgan fingerprint density at radius 2 is 1.82 bits per heavy atom. The SMILES string of the molecule is O[C@@H]1CCN(C2CCNCC2)C[C@H]1CC1CC1. The lowest BCUT2D eigenvalue weighted by atomic mass is 9.88. The molecule has 0 spiro atoms. The second-order valence-corrected chi connectivity index (χ2v) is 6.27. The fourth-order valence-electron chi connectivity index (χ4n) is 3.56. The predicted octanol–water partition coefficient (Wildman–Crippen LogP) is 1.22. The molecule has 0 amide bonds. The number of likely N-dealkylation sites (tertiary alicyclic amines) is 1. The van der Waals surface area contributed by atoms with E-state index in [1.54, 1.807) is 0 Å². The molecular formula is C14H26N2O. The average molecular weight is 238 g/mol. The number of aliphatic hydroxyl groups excluding tert-OH is 1. The van der Waals surface area contributed by atoms with Crippen LogP contribution in [0.15, 0.2) is 0 Å². The molecule has 1 aliphatic carbocycles. The maximum Gasteiger partial charge on any atom is 0.0592 e.